The SMILES string of the molecule is CCOc1ccc(CC(=O)NCCc2ncc(C)s2)cc1. The van der Waals surface area contributed by atoms with E-state index >= 15 is 0 Å². The fourth-order valence-electron chi connectivity index (χ4n) is 1.94. The molecule has 112 valence electrons. The molecule has 5 heteroatoms. The number of nitrogens with one attached hydrogen (secondary N) is 1. The van der Waals surface area contributed by atoms with Crippen LogP contribution in [0, 0.1) is 6.92 Å². The van der Waals surface area contributed by atoms with Gasteiger partial charge in [-0.15, -0.1) is 11.3 Å². The van der Waals surface area contributed by atoms with Crippen LogP contribution in [0.5, 0.6) is 5.75 Å². The molecule has 0 saturated heterocycles. The van der Waals surface area contributed by atoms with E-state index < -0.39 is 0 Å². The molecule has 21 heavy (non-hydrogen) atoms. The fraction of sp³-hybridized carbons (Fsp3) is 0.375. The normalized spacial score (nSPS) is 10.4. The van der Waals surface area contributed by atoms with Gasteiger partial charge in [-0.1, -0.05) is 12.1 Å². The number of rotatable bonds is 7. The topological polar surface area (TPSA) is 51.2 Å². The Bertz CT molecular complexity index is 578. The lowest BCUT2D eigenvalue weighted by Crippen LogP contribution is -2.27. The summed E-state index contributed by atoms with van der Waals surface area (Å²) < 4.78 is 5.38. The van der Waals surface area contributed by atoms with E-state index in [1.54, 1.807) is 11.3 Å². The average Bonchev–Trinajstić information content (AvgIpc) is 2.87. The van der Waals surface area contributed by atoms with Crippen molar-refractivity contribution >= 4 is 17.2 Å². The number of thiazole rings is 1. The summed E-state index contributed by atoms with van der Waals surface area (Å²) in [5, 5.41) is 3.99. The zero-order chi connectivity index (χ0) is 15.1. The molecule has 1 aromatic carbocycles. The molecule has 4 nitrogen and oxygen atoms in total. The predicted molar refractivity (Wildman–Crippen MR) is 84.9 cm³/mol. The Balaban J connectivity index is 1.73. The number of ether oxygens (including phenoxy) is 1. The van der Waals surface area contributed by atoms with Crippen molar-refractivity contribution in [3.05, 3.63) is 45.9 Å². The highest BCUT2D eigenvalue weighted by Gasteiger charge is 2.04. The van der Waals surface area contributed by atoms with Crippen LogP contribution in [0.2, 0.25) is 0 Å². The first-order chi connectivity index (χ1) is 10.2. The highest BCUT2D eigenvalue weighted by Crippen LogP contribution is 2.13. The second kappa shape index (κ2) is 7.78. The summed E-state index contributed by atoms with van der Waals surface area (Å²) in [6.45, 7) is 5.26. The van der Waals surface area contributed by atoms with Gasteiger partial charge in [0.15, 0.2) is 0 Å². The van der Waals surface area contributed by atoms with Gasteiger partial charge in [0.2, 0.25) is 5.91 Å². The van der Waals surface area contributed by atoms with Gasteiger partial charge in [0, 0.05) is 24.0 Å². The predicted octanol–water partition coefficient (Wildman–Crippen LogP) is 2.75. The molecule has 0 saturated carbocycles. The molecule has 0 radical (unpaired) electrons. The van der Waals surface area contributed by atoms with E-state index in [1.807, 2.05) is 44.3 Å². The van der Waals surface area contributed by atoms with Gasteiger partial charge in [-0.05, 0) is 31.5 Å². The number of aryl methyl sites for hydroxylation is 1. The van der Waals surface area contributed by atoms with Gasteiger partial charge in [-0.3, -0.25) is 4.79 Å². The Kier molecular flexibility index (Phi) is 5.75. The molecule has 2 aromatic rings. The molecule has 2 rings (SSSR count). The van der Waals surface area contributed by atoms with E-state index in [0.717, 1.165) is 22.7 Å². The molecule has 0 aliphatic heterocycles. The maximum absolute atomic E-state index is 11.9. The summed E-state index contributed by atoms with van der Waals surface area (Å²) >= 11 is 1.67. The molecular weight excluding hydrogens is 284 g/mol. The number of nitrogens with zero attached hydrogens (tertiary/aromatic N) is 1. The van der Waals surface area contributed by atoms with Crippen LogP contribution in [0.4, 0.5) is 0 Å². The van der Waals surface area contributed by atoms with Crippen molar-refractivity contribution in [2.75, 3.05) is 13.2 Å². The van der Waals surface area contributed by atoms with Gasteiger partial charge in [-0.2, -0.15) is 0 Å². The van der Waals surface area contributed by atoms with E-state index in [-0.39, 0.29) is 5.91 Å². The first-order valence-corrected chi connectivity index (χ1v) is 7.88. The van der Waals surface area contributed by atoms with Crippen LogP contribution < -0.4 is 10.1 Å². The van der Waals surface area contributed by atoms with Crippen molar-refractivity contribution < 1.29 is 9.53 Å². The molecule has 0 bridgehead atoms. The number of carbonyl (C=O) groups excluding carboxylic acids is 1. The molecule has 1 amide bonds. The molecule has 0 unspecified atom stereocenters. The average molecular weight is 304 g/mol. The van der Waals surface area contributed by atoms with Gasteiger partial charge in [-0.25, -0.2) is 4.98 Å². The van der Waals surface area contributed by atoms with Crippen LogP contribution >= 0.6 is 11.3 Å². The van der Waals surface area contributed by atoms with Gasteiger partial charge in [0.25, 0.3) is 0 Å². The minimum absolute atomic E-state index is 0.0347. The number of hydrogen-bond acceptors (Lipinski definition) is 4. The molecule has 0 atom stereocenters. The Hall–Kier alpha value is -1.88. The highest BCUT2D eigenvalue weighted by molar-refractivity contribution is 7.11. The lowest BCUT2D eigenvalue weighted by molar-refractivity contribution is -0.120. The van der Waals surface area contributed by atoms with Gasteiger partial charge in [0.05, 0.1) is 18.0 Å². The molecule has 0 fully saturated rings. The molecule has 0 aliphatic carbocycles. The number of carbonyl (C=O) groups is 1. The van der Waals surface area contributed by atoms with Crippen LogP contribution in [0.3, 0.4) is 0 Å². The largest absolute Gasteiger partial charge is 0.494 e. The molecule has 1 aromatic heterocycles. The monoisotopic (exact) mass is 304 g/mol. The first kappa shape index (κ1) is 15.5. The molecule has 1 N–H and O–H groups in total. The maximum atomic E-state index is 11.9. The van der Waals surface area contributed by atoms with Crippen molar-refractivity contribution in [1.82, 2.24) is 10.3 Å². The van der Waals surface area contributed by atoms with Crippen molar-refractivity contribution in [1.29, 1.82) is 0 Å². The summed E-state index contributed by atoms with van der Waals surface area (Å²) in [7, 11) is 0. The Morgan fingerprint density at radius 2 is 2.10 bits per heavy atom. The third-order valence-electron chi connectivity index (χ3n) is 2.93. The van der Waals surface area contributed by atoms with E-state index in [4.69, 9.17) is 4.74 Å². The quantitative estimate of drug-likeness (QED) is 0.855. The Morgan fingerprint density at radius 1 is 1.33 bits per heavy atom. The summed E-state index contributed by atoms with van der Waals surface area (Å²) in [4.78, 5) is 17.3. The zero-order valence-corrected chi connectivity index (χ0v) is 13.2. The van der Waals surface area contributed by atoms with Crippen molar-refractivity contribution in [3.8, 4) is 5.75 Å². The van der Waals surface area contributed by atoms with Crippen LogP contribution in [0.15, 0.2) is 30.5 Å². The fourth-order valence-corrected chi connectivity index (χ4v) is 2.73. The number of amides is 1. The van der Waals surface area contributed by atoms with E-state index in [9.17, 15) is 4.79 Å². The highest BCUT2D eigenvalue weighted by atomic mass is 32.1. The minimum atomic E-state index is 0.0347. The number of hydrogen-bond donors (Lipinski definition) is 1. The minimum Gasteiger partial charge on any atom is -0.494 e. The van der Waals surface area contributed by atoms with Gasteiger partial charge < -0.3 is 10.1 Å². The summed E-state index contributed by atoms with van der Waals surface area (Å²) in [5.74, 6) is 0.869. The second-order valence-electron chi connectivity index (χ2n) is 4.72. The van der Waals surface area contributed by atoms with Crippen molar-refractivity contribution in [2.45, 2.75) is 26.7 Å². The van der Waals surface area contributed by atoms with Crippen LogP contribution in [-0.2, 0) is 17.6 Å². The van der Waals surface area contributed by atoms with Gasteiger partial charge >= 0.3 is 0 Å². The third kappa shape index (κ3) is 5.19. The third-order valence-corrected chi connectivity index (χ3v) is 3.90. The summed E-state index contributed by atoms with van der Waals surface area (Å²) in [6.07, 6.45) is 3.04. The first-order valence-electron chi connectivity index (χ1n) is 7.07. The van der Waals surface area contributed by atoms with Crippen molar-refractivity contribution in [2.24, 2.45) is 0 Å². The molecule has 0 aliphatic rings. The van der Waals surface area contributed by atoms with E-state index in [2.05, 4.69) is 10.3 Å². The standard InChI is InChI=1S/C16H20N2O2S/c1-3-20-14-6-4-13(5-7-14)10-15(19)17-9-8-16-18-11-12(2)21-16/h4-7,11H,3,8-10H2,1-2H3,(H,17,19). The van der Waals surface area contributed by atoms with E-state index in [1.165, 1.54) is 4.88 Å². The lowest BCUT2D eigenvalue weighted by atomic mass is 10.1. The summed E-state index contributed by atoms with van der Waals surface area (Å²) in [5.41, 5.74) is 0.987. The van der Waals surface area contributed by atoms with E-state index in [0.29, 0.717) is 19.6 Å². The number of aromatic nitrogens is 1. The lowest BCUT2D eigenvalue weighted by Gasteiger charge is -2.06. The smallest absolute Gasteiger partial charge is 0.224 e. The van der Waals surface area contributed by atoms with Gasteiger partial charge in [0.1, 0.15) is 5.75 Å². The molecular formula is C16H20N2O2S. The second-order valence-corrected chi connectivity index (χ2v) is 6.04. The van der Waals surface area contributed by atoms with Crippen molar-refractivity contribution in [3.63, 3.8) is 0 Å². The molecule has 1 heterocycles. The Labute approximate surface area is 129 Å². The zero-order valence-electron chi connectivity index (χ0n) is 12.4. The Morgan fingerprint density at radius 3 is 2.71 bits per heavy atom. The van der Waals surface area contributed by atoms with Crippen LogP contribution in [0.25, 0.3) is 0 Å². The maximum Gasteiger partial charge on any atom is 0.224 e. The summed E-state index contributed by atoms with van der Waals surface area (Å²) in [6, 6.07) is 7.64. The molecule has 0 spiro atoms. The van der Waals surface area contributed by atoms with Crippen LogP contribution in [0.1, 0.15) is 22.4 Å². The van der Waals surface area contributed by atoms with Crippen LogP contribution in [-0.4, -0.2) is 24.0 Å². The number of benzene rings is 1.